The maximum absolute atomic E-state index is 8.62. The summed E-state index contributed by atoms with van der Waals surface area (Å²) < 4.78 is 113. The third-order valence-electron chi connectivity index (χ3n) is 11.8. The molecule has 0 spiro atoms. The monoisotopic (exact) mass is 2090 g/mol. The van der Waals surface area contributed by atoms with Gasteiger partial charge in [0.2, 0.25) is 0 Å². The van der Waals surface area contributed by atoms with Crippen LogP contribution in [-0.4, -0.2) is 310 Å². The minimum atomic E-state index is -1.11. The normalized spacial score (nSPS) is 17.9. The smallest absolute Gasteiger partial charge is 0.833 e. The quantitative estimate of drug-likeness (QED) is 0.130. The van der Waals surface area contributed by atoms with Gasteiger partial charge in [0.15, 0.2) is 0 Å². The van der Waals surface area contributed by atoms with Gasteiger partial charge >= 0.3 is 168 Å². The summed E-state index contributed by atoms with van der Waals surface area (Å²) in [6.07, 6.45) is 12.0. The topological polar surface area (TPSA) is 278 Å². The van der Waals surface area contributed by atoms with Crippen LogP contribution >= 0.6 is 0 Å². The summed E-state index contributed by atoms with van der Waals surface area (Å²) in [5.41, 5.74) is 0. The van der Waals surface area contributed by atoms with E-state index in [-0.39, 0.29) is 168 Å². The number of ether oxygens (including phenoxy) is 16. The van der Waals surface area contributed by atoms with Crippen LogP contribution in [0.4, 0.5) is 0 Å². The van der Waals surface area contributed by atoms with Crippen LogP contribution in [0.3, 0.4) is 0 Å². The summed E-state index contributed by atoms with van der Waals surface area (Å²) in [5, 5.41) is 17.2. The van der Waals surface area contributed by atoms with Gasteiger partial charge in [-0.1, -0.05) is 335 Å². The summed E-state index contributed by atoms with van der Waals surface area (Å²) in [4.78, 5) is 0. The molecule has 0 amide bonds. The minimum absolute atomic E-state index is 0. The average molecular weight is 2090 g/mol. The Kier molecular flexibility index (Phi) is 114. The van der Waals surface area contributed by atoms with E-state index in [0.717, 1.165) is 65.1 Å². The van der Waals surface area contributed by atoms with Crippen LogP contribution in [0.5, 0.6) is 0 Å². The zero-order chi connectivity index (χ0) is 89.3. The second kappa shape index (κ2) is 91.1. The second-order valence-electron chi connectivity index (χ2n) is 39.6. The van der Waals surface area contributed by atoms with Crippen molar-refractivity contribution in [3.8, 4) is 12.2 Å². The molecular formula is C78H188K2N6O18Si12Y2. The van der Waals surface area contributed by atoms with E-state index in [0.29, 0.717) is 159 Å². The van der Waals surface area contributed by atoms with E-state index in [1.165, 1.54) is 51.4 Å². The SMILES string of the molecule is C1CCOC1.C1CCOC1.C1CCOC1.C1CCOC1.C1COCCOCCOCCOCCOCCO1.C1COCCOCCOCCOCCOCCO1.C[Si](C)(C)[N-][Si](C)(C)C.C[Si](C)(C)[N-][Si](C)(C)C.C[Si](C)(C)[N-][Si](C)(C)C.C[Si](C)(C)[N-][Si](C)(C)C.C[Si](C)(C)[N-][Si](C)(C)C.C[Si](C)(C)[N-][Si](C)(C)C.[K+].[K+].[O-]C#C[O-].[Y+3].[Y+3]. The average Bonchev–Trinajstić information content (AvgIpc) is 1.35. The maximum Gasteiger partial charge on any atom is 3.00 e. The first-order chi connectivity index (χ1) is 52.2. The van der Waals surface area contributed by atoms with Crippen molar-refractivity contribution >= 4 is 98.8 Å². The van der Waals surface area contributed by atoms with Crippen LogP contribution < -0.4 is 113 Å². The molecule has 0 unspecified atom stereocenters. The van der Waals surface area contributed by atoms with Crippen LogP contribution in [-0.2, 0) is 141 Å². The van der Waals surface area contributed by atoms with Crippen LogP contribution in [0.2, 0.25) is 236 Å². The minimum Gasteiger partial charge on any atom is -0.833 e. The van der Waals surface area contributed by atoms with Gasteiger partial charge in [-0.3, -0.25) is 0 Å². The van der Waals surface area contributed by atoms with Crippen molar-refractivity contribution in [2.75, 3.05) is 211 Å². The van der Waals surface area contributed by atoms with Gasteiger partial charge in [-0.05, 0) is 51.4 Å². The molecule has 0 aromatic heterocycles. The molecule has 6 saturated heterocycles. The van der Waals surface area contributed by atoms with Crippen molar-refractivity contribution in [2.24, 2.45) is 0 Å². The third kappa shape index (κ3) is 183. The van der Waals surface area contributed by atoms with Gasteiger partial charge < -0.3 is 114 Å². The molecule has 0 saturated carbocycles. The Bertz CT molecular complexity index is 1550. The first-order valence-electron chi connectivity index (χ1n) is 42.6. The standard InChI is InChI=1S/2C12H24O6.6C6H18NSi2.4C4H8O.C2H2O2.2K.2Y/c2*1-2-14-5-6-16-9-10-18-12-11-17-8-7-15-4-3-13-1;6*1-8(2,3)7-9(4,5)6;4*1-2-4-5-3-1;3-1-2-4;;;;/h2*1-12H2;6*1-6H3;4*1-4H2;3-4H;;;;/q;;6*-1;;;;;;2*+1;2*+3/p-2. The Morgan fingerprint density at radius 1 is 0.144 bits per heavy atom. The Hall–Kier alpha value is 6.36. The molecule has 0 aromatic carbocycles. The van der Waals surface area contributed by atoms with E-state index < -0.39 is 98.8 Å². The van der Waals surface area contributed by atoms with Crippen molar-refractivity contribution in [3.05, 3.63) is 27.9 Å². The van der Waals surface area contributed by atoms with Crippen LogP contribution in [0, 0.1) is 12.2 Å². The molecule has 694 valence electrons. The Morgan fingerprint density at radius 2 is 0.203 bits per heavy atom. The fourth-order valence-corrected chi connectivity index (χ4v) is 59.0. The molecule has 6 heterocycles. The molecule has 6 aliphatic heterocycles. The molecule has 0 aliphatic carbocycles. The summed E-state index contributed by atoms with van der Waals surface area (Å²) in [5.74, 6) is 0. The number of hydrogen-bond donors (Lipinski definition) is 0. The van der Waals surface area contributed by atoms with Crippen LogP contribution in [0.25, 0.3) is 27.9 Å². The molecule has 0 atom stereocenters. The fraction of sp³-hybridized carbons (Fsp3) is 0.974. The molecule has 0 bridgehead atoms. The summed E-state index contributed by atoms with van der Waals surface area (Å²) in [6.45, 7) is 105. The van der Waals surface area contributed by atoms with Crippen molar-refractivity contribution < 1.29 is 254 Å². The van der Waals surface area contributed by atoms with Crippen molar-refractivity contribution in [1.82, 2.24) is 0 Å². The van der Waals surface area contributed by atoms with Gasteiger partial charge in [-0.2, -0.15) is 12.2 Å². The second-order valence-corrected chi connectivity index (χ2v) is 97.0. The van der Waals surface area contributed by atoms with Gasteiger partial charge in [0.25, 0.3) is 0 Å². The van der Waals surface area contributed by atoms with Crippen LogP contribution in [0.1, 0.15) is 51.4 Å². The summed E-state index contributed by atoms with van der Waals surface area (Å²) >= 11 is 0. The zero-order valence-electron chi connectivity index (χ0n) is 84.5. The Balaban J connectivity index is -0.000000119. The maximum atomic E-state index is 8.62. The predicted molar refractivity (Wildman–Crippen MR) is 518 cm³/mol. The Morgan fingerprint density at radius 3 is 0.229 bits per heavy atom. The van der Waals surface area contributed by atoms with Crippen molar-refractivity contribution in [1.29, 1.82) is 0 Å². The molecule has 6 rings (SSSR count). The summed E-state index contributed by atoms with van der Waals surface area (Å²) in [7, 11) is -13.3. The molecule has 118 heavy (non-hydrogen) atoms. The number of hydrogen-bond acceptors (Lipinski definition) is 18. The largest absolute Gasteiger partial charge is 3.00 e. The fourth-order valence-electron chi connectivity index (χ4n) is 10.7. The molecule has 0 aromatic rings. The van der Waals surface area contributed by atoms with E-state index >= 15 is 0 Å². The van der Waals surface area contributed by atoms with Crippen LogP contribution in [0.15, 0.2) is 0 Å². The first-order valence-corrected chi connectivity index (χ1v) is 83.9. The van der Waals surface area contributed by atoms with E-state index in [4.69, 9.17) is 114 Å². The van der Waals surface area contributed by atoms with E-state index in [1.807, 2.05) is 0 Å². The molecule has 0 radical (unpaired) electrons. The third-order valence-corrected chi connectivity index (χ3v) is 44.0. The van der Waals surface area contributed by atoms with Gasteiger partial charge in [0.05, 0.1) is 159 Å². The van der Waals surface area contributed by atoms with E-state index in [2.05, 4.69) is 236 Å². The number of rotatable bonds is 12. The zero-order valence-corrected chi connectivity index (χ0v) is 108. The van der Waals surface area contributed by atoms with E-state index in [1.54, 1.807) is 0 Å². The molecule has 0 N–H and O–H groups in total. The van der Waals surface area contributed by atoms with Gasteiger partial charge in [-0.25, -0.2) is 0 Å². The summed E-state index contributed by atoms with van der Waals surface area (Å²) in [6, 6.07) is 0. The predicted octanol–water partition coefficient (Wildman–Crippen LogP) is 13.2. The van der Waals surface area contributed by atoms with Gasteiger partial charge in [-0.15, -0.1) is 0 Å². The van der Waals surface area contributed by atoms with Crippen molar-refractivity contribution in [3.63, 3.8) is 0 Å². The molecule has 6 fully saturated rings. The van der Waals surface area contributed by atoms with Gasteiger partial charge in [0.1, 0.15) is 0 Å². The Labute approximate surface area is 879 Å². The first kappa shape index (κ1) is 147. The molecule has 6 aliphatic rings. The van der Waals surface area contributed by atoms with Crippen molar-refractivity contribution in [2.45, 2.75) is 287 Å². The molecular weight excluding hydrogens is 1900 g/mol. The van der Waals surface area contributed by atoms with Gasteiger partial charge in [0, 0.05) is 52.9 Å². The number of nitrogens with zero attached hydrogens (tertiary/aromatic N) is 6. The van der Waals surface area contributed by atoms with E-state index in [9.17, 15) is 0 Å². The molecule has 40 heteroatoms. The molecule has 24 nitrogen and oxygen atoms in total.